The van der Waals surface area contributed by atoms with E-state index in [9.17, 15) is 4.79 Å². The van der Waals surface area contributed by atoms with E-state index in [1.807, 2.05) is 6.07 Å². The van der Waals surface area contributed by atoms with Gasteiger partial charge in [0.05, 0.1) is 0 Å². The number of carbonyl (C=O) groups is 1. The Morgan fingerprint density at radius 1 is 1.54 bits per heavy atom. The van der Waals surface area contributed by atoms with Gasteiger partial charge in [-0.2, -0.15) is 0 Å². The second-order valence-electron chi connectivity index (χ2n) is 2.72. The Balaban J connectivity index is 2.75. The smallest absolute Gasteiger partial charge is 0.331 e. The first-order valence-electron chi connectivity index (χ1n) is 3.75. The molecule has 2 nitrogen and oxygen atoms in total. The van der Waals surface area contributed by atoms with Gasteiger partial charge in [0.1, 0.15) is 0 Å². The Morgan fingerprint density at radius 3 is 2.77 bits per heavy atom. The lowest BCUT2D eigenvalue weighted by molar-refractivity contribution is -0.132. The predicted molar refractivity (Wildman–Crippen MR) is 51.9 cm³/mol. The van der Waals surface area contributed by atoms with Gasteiger partial charge in [-0.15, -0.1) is 0 Å². The second kappa shape index (κ2) is 4.10. The number of hydrogen-bond acceptors (Lipinski definition) is 1. The van der Waals surface area contributed by atoms with Crippen LogP contribution >= 0.6 is 11.6 Å². The van der Waals surface area contributed by atoms with Crippen molar-refractivity contribution in [2.45, 2.75) is 6.42 Å². The van der Waals surface area contributed by atoms with E-state index < -0.39 is 5.97 Å². The molecule has 0 amide bonds. The topological polar surface area (TPSA) is 37.3 Å². The van der Waals surface area contributed by atoms with E-state index in [2.05, 4.69) is 6.58 Å². The molecule has 0 heterocycles. The van der Waals surface area contributed by atoms with Gasteiger partial charge in [0.15, 0.2) is 0 Å². The third-order valence-corrected chi connectivity index (χ3v) is 1.84. The van der Waals surface area contributed by atoms with E-state index >= 15 is 0 Å². The summed E-state index contributed by atoms with van der Waals surface area (Å²) in [6.07, 6.45) is 0.329. The van der Waals surface area contributed by atoms with Crippen molar-refractivity contribution in [3.8, 4) is 0 Å². The van der Waals surface area contributed by atoms with Crippen LogP contribution in [0, 0.1) is 0 Å². The van der Waals surface area contributed by atoms with Gasteiger partial charge in [-0.3, -0.25) is 0 Å². The molecule has 0 bridgehead atoms. The molecule has 1 rings (SSSR count). The number of halogens is 1. The molecule has 0 unspecified atom stereocenters. The molecule has 0 aliphatic rings. The minimum absolute atomic E-state index is 0.169. The summed E-state index contributed by atoms with van der Waals surface area (Å²) in [5.41, 5.74) is 1.03. The molecule has 0 saturated carbocycles. The van der Waals surface area contributed by atoms with Crippen molar-refractivity contribution >= 4 is 17.6 Å². The number of carboxylic acid groups (broad SMARTS) is 1. The molecular weight excluding hydrogens is 188 g/mol. The summed E-state index contributed by atoms with van der Waals surface area (Å²) in [5.74, 6) is -0.972. The maximum absolute atomic E-state index is 10.5. The molecule has 0 spiro atoms. The maximum atomic E-state index is 10.5. The summed E-state index contributed by atoms with van der Waals surface area (Å²) in [4.78, 5) is 10.5. The first kappa shape index (κ1) is 9.81. The molecule has 0 aliphatic carbocycles. The van der Waals surface area contributed by atoms with Crippen LogP contribution in [-0.2, 0) is 11.2 Å². The molecule has 0 aliphatic heterocycles. The van der Waals surface area contributed by atoms with Crippen LogP contribution in [-0.4, -0.2) is 11.1 Å². The lowest BCUT2D eigenvalue weighted by Gasteiger charge is -2.00. The molecule has 0 radical (unpaired) electrons. The molecule has 13 heavy (non-hydrogen) atoms. The van der Waals surface area contributed by atoms with E-state index in [0.29, 0.717) is 11.4 Å². The summed E-state index contributed by atoms with van der Waals surface area (Å²) in [5, 5.41) is 9.19. The average molecular weight is 197 g/mol. The third-order valence-electron chi connectivity index (χ3n) is 1.61. The van der Waals surface area contributed by atoms with Gasteiger partial charge in [0, 0.05) is 17.0 Å². The lowest BCUT2D eigenvalue weighted by Crippen LogP contribution is -2.01. The van der Waals surface area contributed by atoms with Gasteiger partial charge >= 0.3 is 5.97 Å². The fourth-order valence-electron chi connectivity index (χ4n) is 0.969. The number of carboxylic acids is 1. The van der Waals surface area contributed by atoms with Gasteiger partial charge < -0.3 is 5.11 Å². The molecule has 0 fully saturated rings. The Bertz CT molecular complexity index is 345. The van der Waals surface area contributed by atoms with E-state index in [1.165, 1.54) is 0 Å². The predicted octanol–water partition coefficient (Wildman–Crippen LogP) is 2.52. The zero-order valence-electron chi connectivity index (χ0n) is 6.96. The monoisotopic (exact) mass is 196 g/mol. The second-order valence-corrected chi connectivity index (χ2v) is 3.15. The average Bonchev–Trinajstić information content (AvgIpc) is 2.04. The van der Waals surface area contributed by atoms with Crippen molar-refractivity contribution in [3.05, 3.63) is 47.0 Å². The molecule has 0 atom stereocenters. The summed E-state index contributed by atoms with van der Waals surface area (Å²) in [7, 11) is 0. The first-order valence-corrected chi connectivity index (χ1v) is 4.13. The normalized spacial score (nSPS) is 9.62. The summed E-state index contributed by atoms with van der Waals surface area (Å²) >= 11 is 5.73. The van der Waals surface area contributed by atoms with Crippen LogP contribution in [0.15, 0.2) is 36.4 Å². The van der Waals surface area contributed by atoms with Crippen molar-refractivity contribution in [3.63, 3.8) is 0 Å². The first-order chi connectivity index (χ1) is 6.09. The van der Waals surface area contributed by atoms with Crippen LogP contribution in [0.25, 0.3) is 0 Å². The largest absolute Gasteiger partial charge is 0.478 e. The molecule has 68 valence electrons. The molecule has 1 aromatic rings. The SMILES string of the molecule is C=C(Cc1cccc(Cl)c1)C(=O)O. The molecule has 1 N–H and O–H groups in total. The van der Waals surface area contributed by atoms with Crippen molar-refractivity contribution in [2.24, 2.45) is 0 Å². The highest BCUT2D eigenvalue weighted by molar-refractivity contribution is 6.30. The number of hydrogen-bond donors (Lipinski definition) is 1. The van der Waals surface area contributed by atoms with E-state index in [0.717, 1.165) is 5.56 Å². The Labute approximate surface area is 81.5 Å². The van der Waals surface area contributed by atoms with Crippen molar-refractivity contribution in [1.82, 2.24) is 0 Å². The summed E-state index contributed by atoms with van der Waals surface area (Å²) in [6, 6.07) is 7.08. The van der Waals surface area contributed by atoms with E-state index in [4.69, 9.17) is 16.7 Å². The molecule has 1 aromatic carbocycles. The van der Waals surface area contributed by atoms with Crippen LogP contribution in [0.4, 0.5) is 0 Å². The zero-order chi connectivity index (χ0) is 9.84. The number of rotatable bonds is 3. The fourth-order valence-corrected chi connectivity index (χ4v) is 1.18. The van der Waals surface area contributed by atoms with Gasteiger partial charge in [-0.05, 0) is 17.7 Å². The molecular formula is C10H9ClO2. The van der Waals surface area contributed by atoms with Gasteiger partial charge in [-0.25, -0.2) is 4.79 Å². The van der Waals surface area contributed by atoms with Gasteiger partial charge in [0.2, 0.25) is 0 Å². The minimum atomic E-state index is -0.972. The highest BCUT2D eigenvalue weighted by Crippen LogP contribution is 2.13. The summed E-state index contributed by atoms with van der Waals surface area (Å²) < 4.78 is 0. The highest BCUT2D eigenvalue weighted by Gasteiger charge is 2.04. The third kappa shape index (κ3) is 2.92. The Hall–Kier alpha value is -1.28. The van der Waals surface area contributed by atoms with Crippen molar-refractivity contribution in [1.29, 1.82) is 0 Å². The summed E-state index contributed by atoms with van der Waals surface area (Å²) in [6.45, 7) is 3.44. The highest BCUT2D eigenvalue weighted by atomic mass is 35.5. The molecule has 3 heteroatoms. The Morgan fingerprint density at radius 2 is 2.23 bits per heavy atom. The fraction of sp³-hybridized carbons (Fsp3) is 0.100. The standard InChI is InChI=1S/C10H9ClO2/c1-7(10(12)13)5-8-3-2-4-9(11)6-8/h2-4,6H,1,5H2,(H,12,13). The van der Waals surface area contributed by atoms with Gasteiger partial charge in [-0.1, -0.05) is 30.3 Å². The van der Waals surface area contributed by atoms with Crippen LogP contribution in [0.3, 0.4) is 0 Å². The number of benzene rings is 1. The lowest BCUT2D eigenvalue weighted by atomic mass is 10.1. The van der Waals surface area contributed by atoms with Crippen LogP contribution in [0.2, 0.25) is 5.02 Å². The quantitative estimate of drug-likeness (QED) is 0.755. The minimum Gasteiger partial charge on any atom is -0.478 e. The van der Waals surface area contributed by atoms with Crippen molar-refractivity contribution in [2.75, 3.05) is 0 Å². The molecule has 0 aromatic heterocycles. The Kier molecular flexibility index (Phi) is 3.09. The van der Waals surface area contributed by atoms with E-state index in [1.54, 1.807) is 18.2 Å². The maximum Gasteiger partial charge on any atom is 0.331 e. The van der Waals surface area contributed by atoms with Crippen LogP contribution < -0.4 is 0 Å². The van der Waals surface area contributed by atoms with E-state index in [-0.39, 0.29) is 5.57 Å². The molecule has 0 saturated heterocycles. The number of aliphatic carboxylic acids is 1. The zero-order valence-corrected chi connectivity index (χ0v) is 7.71. The van der Waals surface area contributed by atoms with Crippen LogP contribution in [0.5, 0.6) is 0 Å². The van der Waals surface area contributed by atoms with Crippen LogP contribution in [0.1, 0.15) is 5.56 Å². The van der Waals surface area contributed by atoms with Gasteiger partial charge in [0.25, 0.3) is 0 Å². The van der Waals surface area contributed by atoms with Crippen molar-refractivity contribution < 1.29 is 9.90 Å².